The Bertz CT molecular complexity index is 233. The van der Waals surface area contributed by atoms with E-state index in [1.165, 1.54) is 6.92 Å². The van der Waals surface area contributed by atoms with Gasteiger partial charge in [0.25, 0.3) is 0 Å². The Morgan fingerprint density at radius 1 is 1.06 bits per heavy atom. The number of ether oxygens (including phenoxy) is 1. The maximum atomic E-state index is 11.0. The lowest BCUT2D eigenvalue weighted by atomic mass is 9.99. The lowest BCUT2D eigenvalue weighted by molar-refractivity contribution is -0.174. The van der Waals surface area contributed by atoms with Crippen LogP contribution in [0.2, 0.25) is 0 Å². The molecule has 0 radical (unpaired) electrons. The van der Waals surface area contributed by atoms with Crippen LogP contribution in [0.3, 0.4) is 0 Å². The molecule has 0 bridgehead atoms. The van der Waals surface area contributed by atoms with Crippen LogP contribution in [0.5, 0.6) is 0 Å². The van der Waals surface area contributed by atoms with Crippen molar-refractivity contribution < 1.29 is 40.2 Å². The molecule has 17 heavy (non-hydrogen) atoms. The van der Waals surface area contributed by atoms with Crippen molar-refractivity contribution in [3.63, 3.8) is 0 Å². The number of hydrogen-bond donors (Lipinski definition) is 6. The van der Waals surface area contributed by atoms with Gasteiger partial charge in [0, 0.05) is 0 Å². The zero-order chi connectivity index (χ0) is 13.6. The Labute approximate surface area is 97.7 Å². The maximum Gasteiger partial charge on any atom is 0.337 e. The Morgan fingerprint density at radius 3 is 2.00 bits per heavy atom. The number of rotatable bonds is 7. The fourth-order valence-electron chi connectivity index (χ4n) is 1.09. The second-order valence-corrected chi connectivity index (χ2v) is 3.42. The standard InChI is InChI=1S/C9H18O8/c1-2-17-9(16)8(15)7(14)6(13)5(12)4(11)3-10/h4-8,10-15H,2-3H2,1H3/t4-,5+,6-,7-,8-/m1/s1. The van der Waals surface area contributed by atoms with Crippen molar-refractivity contribution >= 4 is 5.97 Å². The van der Waals surface area contributed by atoms with Gasteiger partial charge < -0.3 is 35.4 Å². The maximum absolute atomic E-state index is 11.0. The van der Waals surface area contributed by atoms with Crippen molar-refractivity contribution in [2.24, 2.45) is 0 Å². The van der Waals surface area contributed by atoms with E-state index in [-0.39, 0.29) is 6.61 Å². The second-order valence-electron chi connectivity index (χ2n) is 3.42. The number of aliphatic hydroxyl groups is 6. The predicted octanol–water partition coefficient (Wildman–Crippen LogP) is -3.65. The first-order valence-electron chi connectivity index (χ1n) is 5.04. The molecule has 0 rings (SSSR count). The summed E-state index contributed by atoms with van der Waals surface area (Å²) in [5.74, 6) is -1.16. The van der Waals surface area contributed by atoms with Crippen LogP contribution in [-0.4, -0.2) is 80.3 Å². The van der Waals surface area contributed by atoms with Gasteiger partial charge in [-0.25, -0.2) is 4.79 Å². The minimum atomic E-state index is -2.05. The minimum absolute atomic E-state index is 0.0273. The van der Waals surface area contributed by atoms with Crippen molar-refractivity contribution in [1.82, 2.24) is 0 Å². The van der Waals surface area contributed by atoms with Crippen molar-refractivity contribution in [2.45, 2.75) is 37.4 Å². The fraction of sp³-hybridized carbons (Fsp3) is 0.889. The first-order valence-corrected chi connectivity index (χ1v) is 5.04. The van der Waals surface area contributed by atoms with Crippen molar-refractivity contribution in [3.8, 4) is 0 Å². The third-order valence-electron chi connectivity index (χ3n) is 2.13. The molecular weight excluding hydrogens is 236 g/mol. The number of carbonyl (C=O) groups excluding carboxylic acids is 1. The lowest BCUT2D eigenvalue weighted by Gasteiger charge is -2.27. The molecule has 6 N–H and O–H groups in total. The van der Waals surface area contributed by atoms with E-state index in [0.717, 1.165) is 0 Å². The van der Waals surface area contributed by atoms with Crippen LogP contribution in [0.1, 0.15) is 6.92 Å². The average Bonchev–Trinajstić information content (AvgIpc) is 2.34. The summed E-state index contributed by atoms with van der Waals surface area (Å²) >= 11 is 0. The smallest absolute Gasteiger partial charge is 0.337 e. The molecule has 5 atom stereocenters. The third kappa shape index (κ3) is 4.54. The normalized spacial score (nSPS) is 20.2. The molecule has 0 aliphatic rings. The van der Waals surface area contributed by atoms with Crippen molar-refractivity contribution in [1.29, 1.82) is 0 Å². The minimum Gasteiger partial charge on any atom is -0.464 e. The highest BCUT2D eigenvalue weighted by Gasteiger charge is 2.37. The van der Waals surface area contributed by atoms with E-state index in [1.807, 2.05) is 0 Å². The zero-order valence-electron chi connectivity index (χ0n) is 9.30. The number of esters is 1. The molecule has 102 valence electrons. The highest BCUT2D eigenvalue weighted by atomic mass is 16.5. The Kier molecular flexibility index (Phi) is 7.19. The largest absolute Gasteiger partial charge is 0.464 e. The summed E-state index contributed by atoms with van der Waals surface area (Å²) < 4.78 is 4.39. The van der Waals surface area contributed by atoms with Crippen LogP contribution >= 0.6 is 0 Å². The van der Waals surface area contributed by atoms with Gasteiger partial charge in [-0.2, -0.15) is 0 Å². The summed E-state index contributed by atoms with van der Waals surface area (Å²) in [6.45, 7) is 0.610. The summed E-state index contributed by atoms with van der Waals surface area (Å²) in [5, 5.41) is 54.7. The first kappa shape index (κ1) is 16.2. The zero-order valence-corrected chi connectivity index (χ0v) is 9.30. The highest BCUT2D eigenvalue weighted by molar-refractivity contribution is 5.75. The highest BCUT2D eigenvalue weighted by Crippen LogP contribution is 2.09. The van der Waals surface area contributed by atoms with Gasteiger partial charge in [0.1, 0.15) is 24.4 Å². The van der Waals surface area contributed by atoms with Crippen LogP contribution in [0, 0.1) is 0 Å². The van der Waals surface area contributed by atoms with Crippen LogP contribution in [0.4, 0.5) is 0 Å². The first-order chi connectivity index (χ1) is 7.86. The van der Waals surface area contributed by atoms with Crippen LogP contribution in [0.15, 0.2) is 0 Å². The number of carbonyl (C=O) groups is 1. The lowest BCUT2D eigenvalue weighted by Crippen LogP contribution is -2.52. The average molecular weight is 254 g/mol. The molecular formula is C9H18O8. The molecule has 0 spiro atoms. The van der Waals surface area contributed by atoms with E-state index in [1.54, 1.807) is 0 Å². The summed E-state index contributed by atoms with van der Waals surface area (Å²) in [7, 11) is 0. The Balaban J connectivity index is 4.47. The molecule has 0 aliphatic carbocycles. The predicted molar refractivity (Wildman–Crippen MR) is 53.8 cm³/mol. The fourth-order valence-corrected chi connectivity index (χ4v) is 1.09. The monoisotopic (exact) mass is 254 g/mol. The van der Waals surface area contributed by atoms with Crippen LogP contribution < -0.4 is 0 Å². The molecule has 0 saturated heterocycles. The molecule has 0 saturated carbocycles. The van der Waals surface area contributed by atoms with Crippen LogP contribution in [0.25, 0.3) is 0 Å². The van der Waals surface area contributed by atoms with Gasteiger partial charge in [-0.05, 0) is 6.92 Å². The second kappa shape index (κ2) is 7.54. The number of aliphatic hydroxyl groups excluding tert-OH is 6. The molecule has 0 aromatic carbocycles. The Morgan fingerprint density at radius 2 is 1.59 bits per heavy atom. The van der Waals surface area contributed by atoms with Gasteiger partial charge in [0.15, 0.2) is 6.10 Å². The molecule has 0 fully saturated rings. The van der Waals surface area contributed by atoms with Gasteiger partial charge >= 0.3 is 5.97 Å². The molecule has 0 amide bonds. The third-order valence-corrected chi connectivity index (χ3v) is 2.13. The summed E-state index contributed by atoms with van der Waals surface area (Å²) in [6, 6.07) is 0. The van der Waals surface area contributed by atoms with E-state index < -0.39 is 43.1 Å². The molecule has 0 unspecified atom stereocenters. The van der Waals surface area contributed by atoms with Gasteiger partial charge in [0.2, 0.25) is 0 Å². The molecule has 0 aromatic rings. The van der Waals surface area contributed by atoms with E-state index in [4.69, 9.17) is 10.2 Å². The van der Waals surface area contributed by atoms with E-state index in [2.05, 4.69) is 4.74 Å². The van der Waals surface area contributed by atoms with Crippen molar-refractivity contribution in [3.05, 3.63) is 0 Å². The quantitative estimate of drug-likeness (QED) is 0.255. The molecule has 8 nitrogen and oxygen atoms in total. The topological polar surface area (TPSA) is 148 Å². The SMILES string of the molecule is CCOC(=O)[C@H](O)[C@H](O)[C@H](O)[C@@H](O)[C@H](O)CO. The van der Waals surface area contributed by atoms with E-state index in [0.29, 0.717) is 0 Å². The molecule has 0 aliphatic heterocycles. The van der Waals surface area contributed by atoms with Gasteiger partial charge in [-0.1, -0.05) is 0 Å². The van der Waals surface area contributed by atoms with Gasteiger partial charge in [0.05, 0.1) is 13.2 Å². The summed E-state index contributed by atoms with van der Waals surface area (Å²) in [4.78, 5) is 11.0. The summed E-state index contributed by atoms with van der Waals surface area (Å²) in [6.07, 6.45) is -9.69. The molecule has 0 aromatic heterocycles. The Hall–Kier alpha value is -0.770. The molecule has 0 heterocycles. The van der Waals surface area contributed by atoms with E-state index in [9.17, 15) is 25.2 Å². The van der Waals surface area contributed by atoms with Gasteiger partial charge in [-0.3, -0.25) is 0 Å². The van der Waals surface area contributed by atoms with Crippen LogP contribution in [-0.2, 0) is 9.53 Å². The summed E-state index contributed by atoms with van der Waals surface area (Å²) in [5.41, 5.74) is 0. The van der Waals surface area contributed by atoms with Gasteiger partial charge in [-0.15, -0.1) is 0 Å². The molecule has 8 heteroatoms. The van der Waals surface area contributed by atoms with Crippen molar-refractivity contribution in [2.75, 3.05) is 13.2 Å². The number of hydrogen-bond acceptors (Lipinski definition) is 8. The van der Waals surface area contributed by atoms with E-state index >= 15 is 0 Å².